The fourth-order valence-electron chi connectivity index (χ4n) is 1.32. The number of carbonyl (C=O) groups excluding carboxylic acids is 1. The second-order valence-electron chi connectivity index (χ2n) is 3.50. The van der Waals surface area contributed by atoms with Gasteiger partial charge in [0.05, 0.1) is 0 Å². The molecule has 1 nitrogen and oxygen atoms in total. The Hall–Kier alpha value is -1.60. The summed E-state index contributed by atoms with van der Waals surface area (Å²) in [7, 11) is 0. The van der Waals surface area contributed by atoms with E-state index in [1.54, 1.807) is 12.1 Å². The second-order valence-corrected chi connectivity index (χ2v) is 4.74. The summed E-state index contributed by atoms with van der Waals surface area (Å²) < 4.78 is 1.20. The third kappa shape index (κ3) is 3.43. The number of benzene rings is 2. The Labute approximate surface area is 114 Å². The summed E-state index contributed by atoms with van der Waals surface area (Å²) in [5.41, 5.74) is 2.57. The van der Waals surface area contributed by atoms with Crippen molar-refractivity contribution in [2.24, 2.45) is 0 Å². The zero-order chi connectivity index (χ0) is 12.1. The molecule has 0 atom stereocenters. The van der Waals surface area contributed by atoms with Crippen LogP contribution in [0.1, 0.15) is 21.5 Å². The molecule has 0 aromatic heterocycles. The smallest absolute Gasteiger partial charge is 0.150 e. The van der Waals surface area contributed by atoms with Crippen LogP contribution in [0.15, 0.2) is 48.5 Å². The highest BCUT2D eigenvalue weighted by atomic mass is 127. The molecular formula is C15H9IO. The minimum Gasteiger partial charge on any atom is -0.298 e. The van der Waals surface area contributed by atoms with Crippen molar-refractivity contribution in [2.45, 2.75) is 0 Å². The number of hydrogen-bond donors (Lipinski definition) is 0. The van der Waals surface area contributed by atoms with Crippen molar-refractivity contribution in [2.75, 3.05) is 0 Å². The van der Waals surface area contributed by atoms with Crippen molar-refractivity contribution >= 4 is 28.9 Å². The average Bonchev–Trinajstić information content (AvgIpc) is 2.39. The lowest BCUT2D eigenvalue weighted by molar-refractivity contribution is 0.112. The van der Waals surface area contributed by atoms with E-state index in [-0.39, 0.29) is 0 Å². The predicted octanol–water partition coefficient (Wildman–Crippen LogP) is 3.50. The Morgan fingerprint density at radius 3 is 1.76 bits per heavy atom. The first-order valence-electron chi connectivity index (χ1n) is 5.11. The Kier molecular flexibility index (Phi) is 3.94. The Balaban J connectivity index is 2.20. The average molecular weight is 332 g/mol. The summed E-state index contributed by atoms with van der Waals surface area (Å²) in [4.78, 5) is 10.5. The van der Waals surface area contributed by atoms with Crippen LogP contribution < -0.4 is 0 Å². The molecule has 2 aromatic carbocycles. The number of halogens is 1. The van der Waals surface area contributed by atoms with Gasteiger partial charge in [-0.3, -0.25) is 4.79 Å². The second kappa shape index (κ2) is 5.65. The molecule has 0 heterocycles. The maximum absolute atomic E-state index is 10.5. The zero-order valence-electron chi connectivity index (χ0n) is 8.98. The highest BCUT2D eigenvalue weighted by Gasteiger charge is 1.90. The molecule has 0 aliphatic heterocycles. The van der Waals surface area contributed by atoms with Crippen molar-refractivity contribution in [1.82, 2.24) is 0 Å². The summed E-state index contributed by atoms with van der Waals surface area (Å²) in [5.74, 6) is 6.15. The number of rotatable bonds is 1. The normalized spacial score (nSPS) is 9.24. The van der Waals surface area contributed by atoms with E-state index in [1.807, 2.05) is 36.4 Å². The van der Waals surface area contributed by atoms with Gasteiger partial charge < -0.3 is 0 Å². The standard InChI is InChI=1S/C15H9IO/c16-15-9-7-13(8-10-15)2-1-12-3-5-14(11-17)6-4-12/h3-11H. The van der Waals surface area contributed by atoms with Gasteiger partial charge in [-0.15, -0.1) is 0 Å². The molecule has 2 aromatic rings. The van der Waals surface area contributed by atoms with Crippen LogP contribution in [0.3, 0.4) is 0 Å². The topological polar surface area (TPSA) is 17.1 Å². The van der Waals surface area contributed by atoms with Gasteiger partial charge in [-0.25, -0.2) is 0 Å². The maximum atomic E-state index is 10.5. The van der Waals surface area contributed by atoms with Gasteiger partial charge in [-0.05, 0) is 59.0 Å². The lowest BCUT2D eigenvalue weighted by Crippen LogP contribution is -1.80. The molecule has 0 radical (unpaired) electrons. The lowest BCUT2D eigenvalue weighted by atomic mass is 10.1. The molecule has 0 bridgehead atoms. The summed E-state index contributed by atoms with van der Waals surface area (Å²) in [6.45, 7) is 0. The largest absolute Gasteiger partial charge is 0.298 e. The van der Waals surface area contributed by atoms with Crippen LogP contribution in [-0.2, 0) is 0 Å². The summed E-state index contributed by atoms with van der Waals surface area (Å²) in [6.07, 6.45) is 0.830. The van der Waals surface area contributed by atoms with Crippen LogP contribution >= 0.6 is 22.6 Å². The Morgan fingerprint density at radius 2 is 1.29 bits per heavy atom. The number of aldehydes is 1. The quantitative estimate of drug-likeness (QED) is 0.444. The fourth-order valence-corrected chi connectivity index (χ4v) is 1.68. The molecule has 0 spiro atoms. The van der Waals surface area contributed by atoms with E-state index in [0.717, 1.165) is 17.4 Å². The lowest BCUT2D eigenvalue weighted by Gasteiger charge is -1.92. The van der Waals surface area contributed by atoms with Gasteiger partial charge in [0.15, 0.2) is 0 Å². The van der Waals surface area contributed by atoms with E-state index in [1.165, 1.54) is 3.57 Å². The van der Waals surface area contributed by atoms with Gasteiger partial charge >= 0.3 is 0 Å². The SMILES string of the molecule is O=Cc1ccc(C#Cc2ccc(I)cc2)cc1. The van der Waals surface area contributed by atoms with Crippen LogP contribution in [0.4, 0.5) is 0 Å². The molecule has 2 heteroatoms. The first kappa shape index (κ1) is 11.9. The minimum atomic E-state index is 0.671. The van der Waals surface area contributed by atoms with Gasteiger partial charge in [-0.1, -0.05) is 24.0 Å². The van der Waals surface area contributed by atoms with Crippen molar-refractivity contribution in [1.29, 1.82) is 0 Å². The highest BCUT2D eigenvalue weighted by Crippen LogP contribution is 2.06. The number of carbonyl (C=O) groups is 1. The Bertz CT molecular complexity index is 571. The minimum absolute atomic E-state index is 0.671. The Morgan fingerprint density at radius 1 is 0.824 bits per heavy atom. The van der Waals surface area contributed by atoms with E-state index >= 15 is 0 Å². The molecule has 0 N–H and O–H groups in total. The fraction of sp³-hybridized carbons (Fsp3) is 0. The predicted molar refractivity (Wildman–Crippen MR) is 77.0 cm³/mol. The third-order valence-electron chi connectivity index (χ3n) is 2.24. The van der Waals surface area contributed by atoms with Gasteiger partial charge in [0.25, 0.3) is 0 Å². The van der Waals surface area contributed by atoms with Crippen molar-refractivity contribution in [3.8, 4) is 11.8 Å². The van der Waals surface area contributed by atoms with Crippen LogP contribution in [0.5, 0.6) is 0 Å². The van der Waals surface area contributed by atoms with Crippen molar-refractivity contribution in [3.63, 3.8) is 0 Å². The summed E-state index contributed by atoms with van der Waals surface area (Å²) in [6, 6.07) is 15.3. The van der Waals surface area contributed by atoms with Crippen LogP contribution in [0.2, 0.25) is 0 Å². The zero-order valence-corrected chi connectivity index (χ0v) is 11.1. The third-order valence-corrected chi connectivity index (χ3v) is 2.96. The highest BCUT2D eigenvalue weighted by molar-refractivity contribution is 14.1. The molecule has 0 saturated heterocycles. The van der Waals surface area contributed by atoms with E-state index in [4.69, 9.17) is 0 Å². The van der Waals surface area contributed by atoms with Gasteiger partial charge in [0, 0.05) is 20.3 Å². The molecule has 0 saturated carbocycles. The molecule has 0 unspecified atom stereocenters. The van der Waals surface area contributed by atoms with E-state index in [0.29, 0.717) is 5.56 Å². The molecule has 0 amide bonds. The molecule has 0 fully saturated rings. The number of hydrogen-bond acceptors (Lipinski definition) is 1. The van der Waals surface area contributed by atoms with Crippen LogP contribution in [-0.4, -0.2) is 6.29 Å². The molecule has 2 rings (SSSR count). The maximum Gasteiger partial charge on any atom is 0.150 e. The van der Waals surface area contributed by atoms with Crippen molar-refractivity contribution < 1.29 is 4.79 Å². The van der Waals surface area contributed by atoms with Crippen LogP contribution in [0.25, 0.3) is 0 Å². The van der Waals surface area contributed by atoms with Gasteiger partial charge in [0.2, 0.25) is 0 Å². The van der Waals surface area contributed by atoms with Crippen LogP contribution in [0, 0.1) is 15.4 Å². The van der Waals surface area contributed by atoms with Crippen molar-refractivity contribution in [3.05, 3.63) is 68.8 Å². The monoisotopic (exact) mass is 332 g/mol. The summed E-state index contributed by atoms with van der Waals surface area (Å²) in [5, 5.41) is 0. The first-order chi connectivity index (χ1) is 8.28. The molecule has 0 aliphatic rings. The molecule has 82 valence electrons. The first-order valence-corrected chi connectivity index (χ1v) is 6.18. The van der Waals surface area contributed by atoms with E-state index in [9.17, 15) is 4.79 Å². The van der Waals surface area contributed by atoms with Gasteiger partial charge in [0.1, 0.15) is 6.29 Å². The van der Waals surface area contributed by atoms with E-state index < -0.39 is 0 Å². The van der Waals surface area contributed by atoms with E-state index in [2.05, 4.69) is 34.4 Å². The molecular weight excluding hydrogens is 323 g/mol. The summed E-state index contributed by atoms with van der Waals surface area (Å²) >= 11 is 2.26. The van der Waals surface area contributed by atoms with Gasteiger partial charge in [-0.2, -0.15) is 0 Å². The molecule has 17 heavy (non-hydrogen) atoms. The molecule has 0 aliphatic carbocycles.